The molecule has 0 aromatic heterocycles. The highest BCUT2D eigenvalue weighted by Gasteiger charge is 2.39. The number of fused-ring (bicyclic) bond motifs is 6. The highest BCUT2D eigenvalue weighted by Crippen LogP contribution is 2.56. The Morgan fingerprint density at radius 3 is 2.48 bits per heavy atom. The van der Waals surface area contributed by atoms with Gasteiger partial charge in [-0.2, -0.15) is 0 Å². The van der Waals surface area contributed by atoms with Gasteiger partial charge in [-0.15, -0.1) is 0 Å². The highest BCUT2D eigenvalue weighted by molar-refractivity contribution is 7.99. The maximum absolute atomic E-state index is 3.61. The molecule has 1 aliphatic carbocycles. The van der Waals surface area contributed by atoms with Crippen LogP contribution in [0.4, 0.5) is 11.4 Å². The van der Waals surface area contributed by atoms with Gasteiger partial charge >= 0.3 is 0 Å². The molecule has 3 aromatic carbocycles. The van der Waals surface area contributed by atoms with Crippen LogP contribution in [0.5, 0.6) is 0 Å². The zero-order valence-corrected chi connectivity index (χ0v) is 14.0. The van der Waals surface area contributed by atoms with Crippen LogP contribution in [0.1, 0.15) is 25.0 Å². The first-order valence-corrected chi connectivity index (χ1v) is 8.79. The van der Waals surface area contributed by atoms with Crippen molar-refractivity contribution in [1.29, 1.82) is 0 Å². The van der Waals surface area contributed by atoms with Gasteiger partial charge in [-0.05, 0) is 40.5 Å². The highest BCUT2D eigenvalue weighted by atomic mass is 32.2. The summed E-state index contributed by atoms with van der Waals surface area (Å²) in [5.41, 5.74) is 8.14. The van der Waals surface area contributed by atoms with Crippen LogP contribution in [-0.2, 0) is 5.41 Å². The van der Waals surface area contributed by atoms with E-state index in [1.54, 1.807) is 0 Å². The second kappa shape index (κ2) is 4.42. The van der Waals surface area contributed by atoms with E-state index >= 15 is 0 Å². The molecule has 2 heteroatoms. The number of hydrogen-bond acceptors (Lipinski definition) is 2. The number of nitrogens with one attached hydrogen (secondary N) is 1. The molecule has 3 aromatic rings. The average molecular weight is 315 g/mol. The maximum Gasteiger partial charge on any atom is 0.0529 e. The van der Waals surface area contributed by atoms with Crippen LogP contribution < -0.4 is 5.32 Å². The Kier molecular flexibility index (Phi) is 2.55. The van der Waals surface area contributed by atoms with Crippen molar-refractivity contribution >= 4 is 23.1 Å². The fraction of sp³-hybridized carbons (Fsp3) is 0.143. The number of rotatable bonds is 0. The van der Waals surface area contributed by atoms with Crippen molar-refractivity contribution in [2.45, 2.75) is 29.1 Å². The van der Waals surface area contributed by atoms with E-state index in [0.29, 0.717) is 0 Å². The summed E-state index contributed by atoms with van der Waals surface area (Å²) in [5, 5.41) is 3.61. The van der Waals surface area contributed by atoms with Crippen molar-refractivity contribution < 1.29 is 0 Å². The molecule has 112 valence electrons. The molecular formula is C21H17NS. The molecule has 5 rings (SSSR count). The van der Waals surface area contributed by atoms with E-state index in [-0.39, 0.29) is 5.41 Å². The summed E-state index contributed by atoms with van der Waals surface area (Å²) in [6.07, 6.45) is 0. The van der Waals surface area contributed by atoms with Gasteiger partial charge in [0.05, 0.1) is 11.4 Å². The van der Waals surface area contributed by atoms with Gasteiger partial charge in [0.15, 0.2) is 0 Å². The molecule has 0 atom stereocenters. The fourth-order valence-electron chi connectivity index (χ4n) is 3.94. The Bertz CT molecular complexity index is 956. The standard InChI is InChI=1S/C21H17NS/c1-21(2)15-8-4-3-7-13(15)14-11-12-17-20(19(14)21)23-18-10-6-5-9-16(18)22-17/h3-12,22H,1-2H3. The lowest BCUT2D eigenvalue weighted by molar-refractivity contribution is 0.647. The minimum atomic E-state index is 0.0399. The van der Waals surface area contributed by atoms with Gasteiger partial charge in [-0.3, -0.25) is 0 Å². The van der Waals surface area contributed by atoms with E-state index < -0.39 is 0 Å². The molecule has 0 bridgehead atoms. The second-order valence-corrected chi connectivity index (χ2v) is 7.81. The van der Waals surface area contributed by atoms with Gasteiger partial charge in [-0.25, -0.2) is 0 Å². The fourth-order valence-corrected chi connectivity index (χ4v) is 5.24. The van der Waals surface area contributed by atoms with Crippen molar-refractivity contribution in [3.63, 3.8) is 0 Å². The topological polar surface area (TPSA) is 12.0 Å². The van der Waals surface area contributed by atoms with Crippen molar-refractivity contribution in [3.05, 3.63) is 71.8 Å². The van der Waals surface area contributed by atoms with E-state index in [1.807, 2.05) is 11.8 Å². The third-order valence-electron chi connectivity index (χ3n) is 5.04. The predicted octanol–water partition coefficient (Wildman–Crippen LogP) is 6.20. The van der Waals surface area contributed by atoms with Crippen LogP contribution in [0.25, 0.3) is 11.1 Å². The maximum atomic E-state index is 3.61. The van der Waals surface area contributed by atoms with Gasteiger partial charge in [-0.1, -0.05) is 68.1 Å². The monoisotopic (exact) mass is 315 g/mol. The van der Waals surface area contributed by atoms with Crippen LogP contribution in [-0.4, -0.2) is 0 Å². The Hall–Kier alpha value is -2.19. The molecule has 0 spiro atoms. The van der Waals surface area contributed by atoms with Crippen LogP contribution in [0.15, 0.2) is 70.5 Å². The molecule has 0 fully saturated rings. The Morgan fingerprint density at radius 1 is 0.783 bits per heavy atom. The number of hydrogen-bond donors (Lipinski definition) is 1. The van der Waals surface area contributed by atoms with Crippen LogP contribution in [0.2, 0.25) is 0 Å². The van der Waals surface area contributed by atoms with Crippen molar-refractivity contribution in [2.75, 3.05) is 5.32 Å². The molecule has 0 saturated heterocycles. The first-order valence-electron chi connectivity index (χ1n) is 7.97. The lowest BCUT2D eigenvalue weighted by Crippen LogP contribution is -2.17. The zero-order valence-electron chi connectivity index (χ0n) is 13.2. The molecule has 23 heavy (non-hydrogen) atoms. The van der Waals surface area contributed by atoms with Crippen molar-refractivity contribution in [2.24, 2.45) is 0 Å². The molecule has 0 amide bonds. The van der Waals surface area contributed by atoms with Gasteiger partial charge < -0.3 is 5.32 Å². The molecule has 0 saturated carbocycles. The summed E-state index contributed by atoms with van der Waals surface area (Å²) >= 11 is 1.90. The smallest absolute Gasteiger partial charge is 0.0529 e. The van der Waals surface area contributed by atoms with Crippen LogP contribution in [0.3, 0.4) is 0 Å². The van der Waals surface area contributed by atoms with Gasteiger partial charge in [0.2, 0.25) is 0 Å². The summed E-state index contributed by atoms with van der Waals surface area (Å²) in [6.45, 7) is 4.69. The lowest BCUT2D eigenvalue weighted by atomic mass is 9.82. The SMILES string of the molecule is CC1(C)c2ccccc2-c2ccc3c(c21)Sc1ccccc1N3. The molecule has 1 nitrogen and oxygen atoms in total. The average Bonchev–Trinajstić information content (AvgIpc) is 2.81. The zero-order chi connectivity index (χ0) is 15.6. The predicted molar refractivity (Wildman–Crippen MR) is 97.9 cm³/mol. The molecule has 2 aliphatic rings. The minimum Gasteiger partial charge on any atom is -0.354 e. The number of para-hydroxylation sites is 1. The summed E-state index contributed by atoms with van der Waals surface area (Å²) in [4.78, 5) is 2.68. The molecule has 1 N–H and O–H groups in total. The summed E-state index contributed by atoms with van der Waals surface area (Å²) in [6, 6.07) is 21.9. The van der Waals surface area contributed by atoms with Crippen molar-refractivity contribution in [1.82, 2.24) is 0 Å². The van der Waals surface area contributed by atoms with Gasteiger partial charge in [0.1, 0.15) is 0 Å². The van der Waals surface area contributed by atoms with E-state index in [4.69, 9.17) is 0 Å². The largest absolute Gasteiger partial charge is 0.354 e. The normalized spacial score (nSPS) is 15.9. The van der Waals surface area contributed by atoms with E-state index in [2.05, 4.69) is 79.8 Å². The first kappa shape index (κ1) is 13.3. The van der Waals surface area contributed by atoms with Gasteiger partial charge in [0, 0.05) is 15.2 Å². The molecule has 0 unspecified atom stereocenters. The van der Waals surface area contributed by atoms with E-state index in [1.165, 1.54) is 43.4 Å². The number of benzene rings is 3. The third-order valence-corrected chi connectivity index (χ3v) is 6.25. The Morgan fingerprint density at radius 2 is 1.57 bits per heavy atom. The summed E-state index contributed by atoms with van der Waals surface area (Å²) in [5.74, 6) is 0. The minimum absolute atomic E-state index is 0.0399. The summed E-state index contributed by atoms with van der Waals surface area (Å²) < 4.78 is 0. The first-order chi connectivity index (χ1) is 11.2. The second-order valence-electron chi connectivity index (χ2n) is 6.76. The van der Waals surface area contributed by atoms with E-state index in [9.17, 15) is 0 Å². The van der Waals surface area contributed by atoms with Gasteiger partial charge in [0.25, 0.3) is 0 Å². The van der Waals surface area contributed by atoms with E-state index in [0.717, 1.165) is 0 Å². The summed E-state index contributed by atoms with van der Waals surface area (Å²) in [7, 11) is 0. The molecule has 1 heterocycles. The Balaban J connectivity index is 1.78. The van der Waals surface area contributed by atoms with Crippen LogP contribution >= 0.6 is 11.8 Å². The van der Waals surface area contributed by atoms with Crippen LogP contribution in [0, 0.1) is 0 Å². The van der Waals surface area contributed by atoms with Crippen molar-refractivity contribution in [3.8, 4) is 11.1 Å². The quantitative estimate of drug-likeness (QED) is 0.414. The lowest BCUT2D eigenvalue weighted by Gasteiger charge is -2.29. The third kappa shape index (κ3) is 1.70. The molecule has 0 radical (unpaired) electrons. The Labute approximate surface area is 140 Å². The number of anilines is 2. The molecule has 1 aliphatic heterocycles. The molecular weight excluding hydrogens is 298 g/mol.